The first-order valence-electron chi connectivity index (χ1n) is 5.70. The van der Waals surface area contributed by atoms with Crippen molar-refractivity contribution in [1.29, 1.82) is 0 Å². The lowest BCUT2D eigenvalue weighted by atomic mass is 10.1. The molecule has 1 aliphatic rings. The molecule has 0 bridgehead atoms. The minimum absolute atomic E-state index is 0.0165. The fourth-order valence-electron chi connectivity index (χ4n) is 1.74. The summed E-state index contributed by atoms with van der Waals surface area (Å²) in [4.78, 5) is 11.7. The lowest BCUT2D eigenvalue weighted by Crippen LogP contribution is -2.43. The highest BCUT2D eigenvalue weighted by Gasteiger charge is 2.23. The number of nitrogens with one attached hydrogen (secondary N) is 2. The number of rotatable bonds is 4. The van der Waals surface area contributed by atoms with Crippen LogP contribution < -0.4 is 10.6 Å². The molecule has 1 fully saturated rings. The average Bonchev–Trinajstić information content (AvgIpc) is 2.90. The lowest BCUT2D eigenvalue weighted by molar-refractivity contribution is -0.122. The Labute approximate surface area is 109 Å². The second-order valence-electron chi connectivity index (χ2n) is 4.05. The van der Waals surface area contributed by atoms with Gasteiger partial charge in [-0.05, 0) is 6.07 Å². The first kappa shape index (κ1) is 13.3. The van der Waals surface area contributed by atoms with Gasteiger partial charge in [0.05, 0.1) is 12.1 Å². The highest BCUT2D eigenvalue weighted by Crippen LogP contribution is 2.16. The van der Waals surface area contributed by atoms with E-state index in [1.54, 1.807) is 23.9 Å². The number of aliphatic hydroxyl groups excluding tert-OH is 1. The van der Waals surface area contributed by atoms with Crippen LogP contribution in [0, 0.1) is 5.82 Å². The zero-order valence-electron chi connectivity index (χ0n) is 9.73. The van der Waals surface area contributed by atoms with E-state index in [1.807, 2.05) is 0 Å². The van der Waals surface area contributed by atoms with Crippen LogP contribution >= 0.6 is 11.8 Å². The molecule has 98 valence electrons. The van der Waals surface area contributed by atoms with Gasteiger partial charge in [0.25, 0.3) is 0 Å². The summed E-state index contributed by atoms with van der Waals surface area (Å²) < 4.78 is 13.4. The summed E-state index contributed by atoms with van der Waals surface area (Å²) in [5, 5.41) is 15.5. The third-order valence-corrected chi connectivity index (χ3v) is 3.71. The Morgan fingerprint density at radius 2 is 2.39 bits per heavy atom. The minimum Gasteiger partial charge on any atom is -0.386 e. The van der Waals surface area contributed by atoms with Gasteiger partial charge in [0.1, 0.15) is 5.82 Å². The molecule has 1 aromatic rings. The largest absolute Gasteiger partial charge is 0.386 e. The number of aliphatic hydroxyl groups is 1. The summed E-state index contributed by atoms with van der Waals surface area (Å²) in [7, 11) is 0. The summed E-state index contributed by atoms with van der Waals surface area (Å²) in [6.07, 6.45) is -1.02. The number of amides is 1. The van der Waals surface area contributed by atoms with Crippen LogP contribution in [0.3, 0.4) is 0 Å². The monoisotopic (exact) mass is 270 g/mol. The van der Waals surface area contributed by atoms with Gasteiger partial charge in [0.15, 0.2) is 0 Å². The van der Waals surface area contributed by atoms with Crippen LogP contribution in [0.4, 0.5) is 4.39 Å². The van der Waals surface area contributed by atoms with Crippen molar-refractivity contribution >= 4 is 17.7 Å². The number of hydrogen-bond donors (Lipinski definition) is 3. The zero-order valence-corrected chi connectivity index (χ0v) is 10.5. The highest BCUT2D eigenvalue weighted by molar-refractivity contribution is 7.99. The molecule has 1 aliphatic heterocycles. The summed E-state index contributed by atoms with van der Waals surface area (Å²) in [5.74, 6) is 0.861. The summed E-state index contributed by atoms with van der Waals surface area (Å²) in [6, 6.07) is 5.79. The van der Waals surface area contributed by atoms with E-state index in [-0.39, 0.29) is 24.1 Å². The van der Waals surface area contributed by atoms with Crippen molar-refractivity contribution in [2.75, 3.05) is 18.2 Å². The van der Waals surface area contributed by atoms with Crippen molar-refractivity contribution in [3.05, 3.63) is 35.6 Å². The summed E-state index contributed by atoms with van der Waals surface area (Å²) in [6.45, 7) is 0.0165. The Kier molecular flexibility index (Phi) is 4.57. The van der Waals surface area contributed by atoms with Gasteiger partial charge in [0, 0.05) is 23.7 Å². The Hall–Kier alpha value is -1.11. The molecule has 6 heteroatoms. The SMILES string of the molecule is O=C(NC[C@H](O)c1ccccc1F)[C@@H]1CSCN1. The van der Waals surface area contributed by atoms with E-state index >= 15 is 0 Å². The number of carbonyl (C=O) groups excluding carboxylic acids is 1. The third-order valence-electron chi connectivity index (χ3n) is 2.77. The van der Waals surface area contributed by atoms with Crippen LogP contribution in [0.5, 0.6) is 0 Å². The molecule has 0 aromatic heterocycles. The molecule has 2 atom stereocenters. The van der Waals surface area contributed by atoms with Crippen LogP contribution in [-0.4, -0.2) is 35.2 Å². The van der Waals surface area contributed by atoms with Gasteiger partial charge >= 0.3 is 0 Å². The first-order chi connectivity index (χ1) is 8.68. The quantitative estimate of drug-likeness (QED) is 0.751. The van der Waals surface area contributed by atoms with Gasteiger partial charge in [-0.15, -0.1) is 11.8 Å². The lowest BCUT2D eigenvalue weighted by Gasteiger charge is -2.15. The summed E-state index contributed by atoms with van der Waals surface area (Å²) >= 11 is 1.65. The van der Waals surface area contributed by atoms with Crippen molar-refractivity contribution in [2.45, 2.75) is 12.1 Å². The van der Waals surface area contributed by atoms with Crippen LogP contribution in [0.25, 0.3) is 0 Å². The van der Waals surface area contributed by atoms with Crippen LogP contribution in [0.15, 0.2) is 24.3 Å². The molecule has 3 N–H and O–H groups in total. The standard InChI is InChI=1S/C12H15FN2O2S/c13-9-4-2-1-3-8(9)11(16)5-14-12(17)10-6-18-7-15-10/h1-4,10-11,15-16H,5-7H2,(H,14,17)/t10-,11-/m0/s1. The van der Waals surface area contributed by atoms with E-state index in [2.05, 4.69) is 10.6 Å². The van der Waals surface area contributed by atoms with Gasteiger partial charge < -0.3 is 10.4 Å². The minimum atomic E-state index is -1.02. The van der Waals surface area contributed by atoms with Gasteiger partial charge in [-0.25, -0.2) is 4.39 Å². The summed E-state index contributed by atoms with van der Waals surface area (Å²) in [5.41, 5.74) is 0.201. The Morgan fingerprint density at radius 1 is 1.61 bits per heavy atom. The highest BCUT2D eigenvalue weighted by atomic mass is 32.2. The Morgan fingerprint density at radius 3 is 3.06 bits per heavy atom. The maximum atomic E-state index is 13.4. The van der Waals surface area contributed by atoms with Crippen molar-refractivity contribution in [3.8, 4) is 0 Å². The molecule has 4 nitrogen and oxygen atoms in total. The molecule has 1 amide bonds. The predicted molar refractivity (Wildman–Crippen MR) is 68.6 cm³/mol. The molecule has 18 heavy (non-hydrogen) atoms. The number of thioether (sulfide) groups is 1. The van der Waals surface area contributed by atoms with Gasteiger partial charge in [-0.3, -0.25) is 10.1 Å². The van der Waals surface area contributed by atoms with E-state index in [4.69, 9.17) is 0 Å². The predicted octanol–water partition coefficient (Wildman–Crippen LogP) is 0.638. The maximum Gasteiger partial charge on any atom is 0.238 e. The topological polar surface area (TPSA) is 61.4 Å². The van der Waals surface area contributed by atoms with Crippen LogP contribution in [-0.2, 0) is 4.79 Å². The number of carbonyl (C=O) groups is 1. The molecular formula is C12H15FN2O2S. The van der Waals surface area contributed by atoms with Gasteiger partial charge in [0.2, 0.25) is 5.91 Å². The normalized spacial score (nSPS) is 20.7. The first-order valence-corrected chi connectivity index (χ1v) is 6.85. The molecule has 1 aromatic carbocycles. The Bertz CT molecular complexity index is 424. The van der Waals surface area contributed by atoms with Crippen molar-refractivity contribution in [3.63, 3.8) is 0 Å². The van der Waals surface area contributed by atoms with Crippen LogP contribution in [0.1, 0.15) is 11.7 Å². The molecule has 1 saturated heterocycles. The van der Waals surface area contributed by atoms with E-state index in [1.165, 1.54) is 12.1 Å². The van der Waals surface area contributed by atoms with Crippen molar-refractivity contribution in [1.82, 2.24) is 10.6 Å². The second kappa shape index (κ2) is 6.17. The molecule has 0 radical (unpaired) electrons. The molecule has 0 spiro atoms. The third kappa shape index (κ3) is 3.22. The molecule has 0 aliphatic carbocycles. The molecular weight excluding hydrogens is 255 g/mol. The van der Waals surface area contributed by atoms with E-state index in [9.17, 15) is 14.3 Å². The number of benzene rings is 1. The fourth-order valence-corrected chi connectivity index (χ4v) is 2.68. The van der Waals surface area contributed by atoms with Crippen molar-refractivity contribution < 1.29 is 14.3 Å². The fraction of sp³-hybridized carbons (Fsp3) is 0.417. The van der Waals surface area contributed by atoms with E-state index in [0.29, 0.717) is 0 Å². The zero-order chi connectivity index (χ0) is 13.0. The molecule has 0 saturated carbocycles. The van der Waals surface area contributed by atoms with Gasteiger partial charge in [-0.2, -0.15) is 0 Å². The smallest absolute Gasteiger partial charge is 0.238 e. The number of halogens is 1. The average molecular weight is 270 g/mol. The van der Waals surface area contributed by atoms with Crippen molar-refractivity contribution in [2.24, 2.45) is 0 Å². The maximum absolute atomic E-state index is 13.4. The van der Waals surface area contributed by atoms with Gasteiger partial charge in [-0.1, -0.05) is 18.2 Å². The number of hydrogen-bond acceptors (Lipinski definition) is 4. The second-order valence-corrected chi connectivity index (χ2v) is 5.08. The molecule has 2 rings (SSSR count). The Balaban J connectivity index is 1.86. The molecule has 0 unspecified atom stereocenters. The molecule has 1 heterocycles. The van der Waals surface area contributed by atoms with E-state index < -0.39 is 11.9 Å². The van der Waals surface area contributed by atoms with E-state index in [0.717, 1.165) is 11.6 Å². The van der Waals surface area contributed by atoms with Crippen LogP contribution in [0.2, 0.25) is 0 Å².